The number of fused-ring (bicyclic) bond motifs is 1. The zero-order valence-electron chi connectivity index (χ0n) is 15.7. The van der Waals surface area contributed by atoms with Crippen molar-refractivity contribution in [3.05, 3.63) is 77.8 Å². The van der Waals surface area contributed by atoms with E-state index in [2.05, 4.69) is 21.4 Å². The van der Waals surface area contributed by atoms with Gasteiger partial charge in [0.05, 0.1) is 27.6 Å². The first kappa shape index (κ1) is 18.4. The fourth-order valence-corrected chi connectivity index (χ4v) is 4.18. The van der Waals surface area contributed by atoms with Crippen LogP contribution in [-0.4, -0.2) is 20.4 Å². The molecule has 142 valence electrons. The number of hydrogen-bond donors (Lipinski definition) is 1. The van der Waals surface area contributed by atoms with Gasteiger partial charge in [-0.15, -0.1) is 11.3 Å². The summed E-state index contributed by atoms with van der Waals surface area (Å²) in [5, 5.41) is 4.18. The molecule has 4 rings (SSSR count). The minimum absolute atomic E-state index is 0.0215. The van der Waals surface area contributed by atoms with E-state index in [9.17, 15) is 4.79 Å². The summed E-state index contributed by atoms with van der Waals surface area (Å²) < 4.78 is 3.16. The minimum Gasteiger partial charge on any atom is -0.350 e. The van der Waals surface area contributed by atoms with Crippen molar-refractivity contribution in [3.63, 3.8) is 0 Å². The standard InChI is InChI=1S/C22H22N4OS/c1-16(17-9-11-18(12-10-17)26-14-13-23-15-26)24-21(27)7-4-8-22-25-19-5-2-3-6-20(19)28-22/h2-3,5-6,9-16H,4,7-8H2,1H3,(H,24,27)/t16-/m0/s1. The lowest BCUT2D eigenvalue weighted by molar-refractivity contribution is -0.121. The Labute approximate surface area is 168 Å². The maximum atomic E-state index is 12.3. The van der Waals surface area contributed by atoms with Gasteiger partial charge >= 0.3 is 0 Å². The van der Waals surface area contributed by atoms with Gasteiger partial charge in [-0.05, 0) is 49.6 Å². The highest BCUT2D eigenvalue weighted by molar-refractivity contribution is 7.18. The SMILES string of the molecule is C[C@H](NC(=O)CCCc1nc2ccccc2s1)c1ccc(-n2ccnc2)cc1. The molecule has 1 amide bonds. The lowest BCUT2D eigenvalue weighted by Crippen LogP contribution is -2.26. The Balaban J connectivity index is 1.27. The van der Waals surface area contributed by atoms with Gasteiger partial charge in [0.15, 0.2) is 0 Å². The van der Waals surface area contributed by atoms with Gasteiger partial charge in [-0.3, -0.25) is 4.79 Å². The van der Waals surface area contributed by atoms with Gasteiger partial charge in [-0.2, -0.15) is 0 Å². The highest BCUT2D eigenvalue weighted by Crippen LogP contribution is 2.23. The molecular weight excluding hydrogens is 368 g/mol. The summed E-state index contributed by atoms with van der Waals surface area (Å²) in [6.07, 6.45) is 7.58. The summed E-state index contributed by atoms with van der Waals surface area (Å²) >= 11 is 1.71. The molecule has 2 heterocycles. The summed E-state index contributed by atoms with van der Waals surface area (Å²) in [6, 6.07) is 16.3. The van der Waals surface area contributed by atoms with E-state index in [0.717, 1.165) is 34.6 Å². The van der Waals surface area contributed by atoms with Crippen LogP contribution in [0.5, 0.6) is 0 Å². The number of aromatic nitrogens is 3. The molecule has 0 radical (unpaired) electrons. The average Bonchev–Trinajstić information content (AvgIpc) is 3.37. The number of benzene rings is 2. The summed E-state index contributed by atoms with van der Waals surface area (Å²) in [5.41, 5.74) is 3.18. The zero-order chi connectivity index (χ0) is 19.3. The first-order valence-corrected chi connectivity index (χ1v) is 10.2. The monoisotopic (exact) mass is 390 g/mol. The van der Waals surface area contributed by atoms with E-state index in [0.29, 0.717) is 6.42 Å². The van der Waals surface area contributed by atoms with Crippen LogP contribution >= 0.6 is 11.3 Å². The Bertz CT molecular complexity index is 1020. The number of hydrogen-bond acceptors (Lipinski definition) is 4. The number of aryl methyl sites for hydroxylation is 1. The third kappa shape index (κ3) is 4.28. The van der Waals surface area contributed by atoms with Crippen molar-refractivity contribution in [1.82, 2.24) is 19.9 Å². The maximum absolute atomic E-state index is 12.3. The van der Waals surface area contributed by atoms with E-state index >= 15 is 0 Å². The minimum atomic E-state index is -0.0215. The van der Waals surface area contributed by atoms with Gasteiger partial charge in [0.1, 0.15) is 0 Å². The van der Waals surface area contributed by atoms with Gasteiger partial charge in [0.25, 0.3) is 0 Å². The van der Waals surface area contributed by atoms with Crippen LogP contribution in [0.3, 0.4) is 0 Å². The molecule has 4 aromatic rings. The van der Waals surface area contributed by atoms with Crippen LogP contribution in [0.15, 0.2) is 67.3 Å². The second-order valence-electron chi connectivity index (χ2n) is 6.78. The molecule has 0 aliphatic rings. The molecule has 0 spiro atoms. The van der Waals surface area contributed by atoms with E-state index < -0.39 is 0 Å². The Morgan fingerprint density at radius 3 is 2.75 bits per heavy atom. The van der Waals surface area contributed by atoms with E-state index in [1.165, 1.54) is 4.70 Å². The van der Waals surface area contributed by atoms with Crippen molar-refractivity contribution in [2.45, 2.75) is 32.2 Å². The van der Waals surface area contributed by atoms with Crippen LogP contribution in [0.4, 0.5) is 0 Å². The van der Waals surface area contributed by atoms with Crippen LogP contribution in [0.25, 0.3) is 15.9 Å². The first-order chi connectivity index (χ1) is 13.7. The van der Waals surface area contributed by atoms with Crippen molar-refractivity contribution in [1.29, 1.82) is 0 Å². The van der Waals surface area contributed by atoms with Gasteiger partial charge in [-0.1, -0.05) is 24.3 Å². The highest BCUT2D eigenvalue weighted by Gasteiger charge is 2.10. The predicted octanol–water partition coefficient (Wildman–Crippen LogP) is 4.68. The lowest BCUT2D eigenvalue weighted by Gasteiger charge is -2.15. The number of amides is 1. The summed E-state index contributed by atoms with van der Waals surface area (Å²) in [7, 11) is 0. The second kappa shape index (κ2) is 8.35. The van der Waals surface area contributed by atoms with Crippen LogP contribution in [0.2, 0.25) is 0 Å². The van der Waals surface area contributed by atoms with Crippen LogP contribution < -0.4 is 5.32 Å². The van der Waals surface area contributed by atoms with Crippen LogP contribution in [0, 0.1) is 0 Å². The smallest absolute Gasteiger partial charge is 0.220 e. The third-order valence-electron chi connectivity index (χ3n) is 4.71. The highest BCUT2D eigenvalue weighted by atomic mass is 32.1. The molecule has 1 atom stereocenters. The van der Waals surface area contributed by atoms with Crippen molar-refractivity contribution >= 4 is 27.5 Å². The number of carbonyl (C=O) groups is 1. The fraction of sp³-hybridized carbons (Fsp3) is 0.227. The van der Waals surface area contributed by atoms with E-state index in [1.54, 1.807) is 23.9 Å². The topological polar surface area (TPSA) is 59.8 Å². The molecule has 2 aromatic carbocycles. The van der Waals surface area contributed by atoms with Crippen molar-refractivity contribution < 1.29 is 4.79 Å². The van der Waals surface area contributed by atoms with E-state index in [1.807, 2.05) is 60.2 Å². The van der Waals surface area contributed by atoms with Gasteiger partial charge in [0, 0.05) is 24.5 Å². The molecule has 2 aromatic heterocycles. The van der Waals surface area contributed by atoms with E-state index in [4.69, 9.17) is 0 Å². The lowest BCUT2D eigenvalue weighted by atomic mass is 10.1. The largest absolute Gasteiger partial charge is 0.350 e. The number of para-hydroxylation sites is 1. The summed E-state index contributed by atoms with van der Waals surface area (Å²) in [5.74, 6) is 0.0762. The van der Waals surface area contributed by atoms with E-state index in [-0.39, 0.29) is 11.9 Å². The van der Waals surface area contributed by atoms with Crippen LogP contribution in [0.1, 0.15) is 36.4 Å². The molecule has 0 aliphatic heterocycles. The number of nitrogens with zero attached hydrogens (tertiary/aromatic N) is 3. The van der Waals surface area contributed by atoms with Crippen molar-refractivity contribution in [3.8, 4) is 5.69 Å². The first-order valence-electron chi connectivity index (χ1n) is 9.41. The molecule has 0 saturated heterocycles. The Morgan fingerprint density at radius 1 is 1.18 bits per heavy atom. The Morgan fingerprint density at radius 2 is 2.00 bits per heavy atom. The number of nitrogens with one attached hydrogen (secondary N) is 1. The third-order valence-corrected chi connectivity index (χ3v) is 5.80. The van der Waals surface area contributed by atoms with Gasteiger partial charge < -0.3 is 9.88 Å². The molecule has 0 unspecified atom stereocenters. The fourth-order valence-electron chi connectivity index (χ4n) is 3.17. The second-order valence-corrected chi connectivity index (χ2v) is 7.89. The summed E-state index contributed by atoms with van der Waals surface area (Å²) in [6.45, 7) is 2.01. The molecule has 5 nitrogen and oxygen atoms in total. The Kier molecular flexibility index (Phi) is 5.48. The zero-order valence-corrected chi connectivity index (χ0v) is 16.5. The quantitative estimate of drug-likeness (QED) is 0.498. The number of imidazole rings is 1. The predicted molar refractivity (Wildman–Crippen MR) is 113 cm³/mol. The molecule has 0 aliphatic carbocycles. The molecule has 6 heteroatoms. The molecule has 0 fully saturated rings. The number of carbonyl (C=O) groups excluding carboxylic acids is 1. The van der Waals surface area contributed by atoms with Crippen molar-refractivity contribution in [2.75, 3.05) is 0 Å². The van der Waals surface area contributed by atoms with Gasteiger partial charge in [0.2, 0.25) is 5.91 Å². The number of rotatable bonds is 7. The maximum Gasteiger partial charge on any atom is 0.220 e. The molecule has 1 N–H and O–H groups in total. The molecular formula is C22H22N4OS. The molecule has 0 saturated carbocycles. The number of thiazole rings is 1. The average molecular weight is 391 g/mol. The Hall–Kier alpha value is -2.99. The molecule has 28 heavy (non-hydrogen) atoms. The van der Waals surface area contributed by atoms with Crippen molar-refractivity contribution in [2.24, 2.45) is 0 Å². The normalized spacial score (nSPS) is 12.2. The summed E-state index contributed by atoms with van der Waals surface area (Å²) in [4.78, 5) is 21.0. The van der Waals surface area contributed by atoms with Crippen LogP contribution in [-0.2, 0) is 11.2 Å². The van der Waals surface area contributed by atoms with Gasteiger partial charge in [-0.25, -0.2) is 9.97 Å². The molecule has 0 bridgehead atoms.